The van der Waals surface area contributed by atoms with E-state index in [0.717, 1.165) is 6.92 Å². The summed E-state index contributed by atoms with van der Waals surface area (Å²) in [7, 11) is 0. The standard InChI is InChI=1S/C22H31N5O10/c1-10(28)18(21(35)26-15(22(36)37)8-11-2-4-12(29)5-3-11)27-20(34)14(9-16(24)30)25-19(33)13(23)6-7-17(31)32/h2-5,10,13-15,18,28-29H,6-9,23H2,1H3,(H2,24,30)(H,25,33)(H,26,35)(H,27,34)(H,31,32)(H,36,37). The van der Waals surface area contributed by atoms with Crippen LogP contribution in [0.5, 0.6) is 5.75 Å². The number of carboxylic acid groups (broad SMARTS) is 2. The lowest BCUT2D eigenvalue weighted by atomic mass is 10.0. The number of carboxylic acids is 2. The third kappa shape index (κ3) is 10.9. The molecule has 204 valence electrons. The number of benzene rings is 1. The molecule has 15 nitrogen and oxygen atoms in total. The molecule has 0 heterocycles. The van der Waals surface area contributed by atoms with Crippen LogP contribution in [0.25, 0.3) is 0 Å². The Bertz CT molecular complexity index is 998. The van der Waals surface area contributed by atoms with Crippen LogP contribution in [0.4, 0.5) is 0 Å². The van der Waals surface area contributed by atoms with Gasteiger partial charge in [-0.25, -0.2) is 4.79 Å². The van der Waals surface area contributed by atoms with Crippen molar-refractivity contribution in [2.75, 3.05) is 0 Å². The average Bonchev–Trinajstić information content (AvgIpc) is 2.80. The van der Waals surface area contributed by atoms with Crippen LogP contribution in [-0.2, 0) is 35.2 Å². The molecular weight excluding hydrogens is 494 g/mol. The summed E-state index contributed by atoms with van der Waals surface area (Å²) < 4.78 is 0. The van der Waals surface area contributed by atoms with Gasteiger partial charge in [0, 0.05) is 12.8 Å². The van der Waals surface area contributed by atoms with Gasteiger partial charge in [-0.05, 0) is 31.0 Å². The lowest BCUT2D eigenvalue weighted by Gasteiger charge is -2.26. The lowest BCUT2D eigenvalue weighted by Crippen LogP contribution is -2.60. The lowest BCUT2D eigenvalue weighted by molar-refractivity contribution is -0.143. The van der Waals surface area contributed by atoms with E-state index in [1.807, 2.05) is 0 Å². The smallest absolute Gasteiger partial charge is 0.326 e. The highest BCUT2D eigenvalue weighted by atomic mass is 16.4. The summed E-state index contributed by atoms with van der Waals surface area (Å²) in [5.41, 5.74) is 11.2. The van der Waals surface area contributed by atoms with Gasteiger partial charge in [0.25, 0.3) is 0 Å². The molecule has 1 aromatic carbocycles. The highest BCUT2D eigenvalue weighted by Gasteiger charge is 2.33. The number of nitrogens with two attached hydrogens (primary N) is 2. The second-order valence-corrected chi connectivity index (χ2v) is 8.27. The van der Waals surface area contributed by atoms with Gasteiger partial charge in [0.15, 0.2) is 0 Å². The first-order valence-corrected chi connectivity index (χ1v) is 11.1. The molecule has 1 rings (SSSR count). The number of primary amides is 1. The summed E-state index contributed by atoms with van der Waals surface area (Å²) in [6.07, 6.45) is -3.12. The molecule has 0 spiro atoms. The molecule has 0 aliphatic carbocycles. The largest absolute Gasteiger partial charge is 0.508 e. The Morgan fingerprint density at radius 3 is 1.95 bits per heavy atom. The molecule has 0 fully saturated rings. The number of carbonyl (C=O) groups excluding carboxylic acids is 4. The van der Waals surface area contributed by atoms with Gasteiger partial charge in [0.05, 0.1) is 18.6 Å². The third-order valence-electron chi connectivity index (χ3n) is 5.10. The van der Waals surface area contributed by atoms with E-state index >= 15 is 0 Å². The molecule has 0 saturated carbocycles. The summed E-state index contributed by atoms with van der Waals surface area (Å²) in [6, 6.07) is -0.558. The van der Waals surface area contributed by atoms with Crippen molar-refractivity contribution in [3.8, 4) is 5.75 Å². The van der Waals surface area contributed by atoms with Gasteiger partial charge in [-0.15, -0.1) is 0 Å². The van der Waals surface area contributed by atoms with E-state index in [9.17, 15) is 44.1 Å². The van der Waals surface area contributed by atoms with E-state index in [2.05, 4.69) is 16.0 Å². The van der Waals surface area contributed by atoms with Crippen LogP contribution in [0.2, 0.25) is 0 Å². The van der Waals surface area contributed by atoms with Crippen LogP contribution in [0.3, 0.4) is 0 Å². The van der Waals surface area contributed by atoms with E-state index in [4.69, 9.17) is 16.6 Å². The van der Waals surface area contributed by atoms with Crippen molar-refractivity contribution in [1.82, 2.24) is 16.0 Å². The van der Waals surface area contributed by atoms with E-state index in [1.54, 1.807) is 0 Å². The zero-order valence-electron chi connectivity index (χ0n) is 19.9. The fourth-order valence-corrected chi connectivity index (χ4v) is 3.09. The second-order valence-electron chi connectivity index (χ2n) is 8.27. The van der Waals surface area contributed by atoms with Gasteiger partial charge in [-0.3, -0.25) is 24.0 Å². The summed E-state index contributed by atoms with van der Waals surface area (Å²) in [5, 5.41) is 44.1. The van der Waals surface area contributed by atoms with Crippen molar-refractivity contribution >= 4 is 35.6 Å². The minimum Gasteiger partial charge on any atom is -0.508 e. The number of amides is 4. The zero-order valence-corrected chi connectivity index (χ0v) is 19.9. The predicted molar refractivity (Wildman–Crippen MR) is 126 cm³/mol. The van der Waals surface area contributed by atoms with E-state index < -0.39 is 78.7 Å². The molecule has 15 heteroatoms. The van der Waals surface area contributed by atoms with Crippen LogP contribution in [0.15, 0.2) is 24.3 Å². The number of aliphatic carboxylic acids is 2. The maximum atomic E-state index is 12.8. The van der Waals surface area contributed by atoms with Crippen molar-refractivity contribution in [1.29, 1.82) is 0 Å². The first-order chi connectivity index (χ1) is 17.2. The maximum absolute atomic E-state index is 12.8. The Morgan fingerprint density at radius 2 is 1.46 bits per heavy atom. The number of aliphatic hydroxyl groups is 1. The summed E-state index contributed by atoms with van der Waals surface area (Å²) in [6.45, 7) is 1.14. The number of hydrogen-bond donors (Lipinski definition) is 9. The molecule has 4 amide bonds. The van der Waals surface area contributed by atoms with Crippen molar-refractivity contribution in [2.24, 2.45) is 11.5 Å². The summed E-state index contributed by atoms with van der Waals surface area (Å²) >= 11 is 0. The minimum atomic E-state index is -1.69. The van der Waals surface area contributed by atoms with Crippen LogP contribution >= 0.6 is 0 Å². The Balaban J connectivity index is 2.96. The number of carbonyl (C=O) groups is 6. The topological polar surface area (TPSA) is 271 Å². The molecule has 0 aliphatic heterocycles. The summed E-state index contributed by atoms with van der Waals surface area (Å²) in [4.78, 5) is 71.5. The summed E-state index contributed by atoms with van der Waals surface area (Å²) in [5.74, 6) is -6.80. The normalized spacial score (nSPS) is 14.8. The SMILES string of the molecule is CC(O)C(NC(=O)C(CC(N)=O)NC(=O)C(N)CCC(=O)O)C(=O)NC(Cc1ccc(O)cc1)C(=O)O. The second kappa shape index (κ2) is 14.4. The van der Waals surface area contributed by atoms with Crippen molar-refractivity contribution in [2.45, 2.75) is 62.9 Å². The van der Waals surface area contributed by atoms with Gasteiger partial charge < -0.3 is 47.8 Å². The number of phenols is 1. The van der Waals surface area contributed by atoms with Crippen molar-refractivity contribution in [3.63, 3.8) is 0 Å². The molecule has 1 aromatic rings. The van der Waals surface area contributed by atoms with Crippen molar-refractivity contribution < 1.29 is 49.2 Å². The van der Waals surface area contributed by atoms with Crippen LogP contribution in [0, 0.1) is 0 Å². The fourth-order valence-electron chi connectivity index (χ4n) is 3.09. The van der Waals surface area contributed by atoms with E-state index in [0.29, 0.717) is 5.56 Å². The Kier molecular flexibility index (Phi) is 11.9. The average molecular weight is 526 g/mol. The molecule has 37 heavy (non-hydrogen) atoms. The third-order valence-corrected chi connectivity index (χ3v) is 5.10. The molecule has 5 atom stereocenters. The van der Waals surface area contributed by atoms with Gasteiger partial charge >= 0.3 is 11.9 Å². The van der Waals surface area contributed by atoms with Crippen LogP contribution in [0.1, 0.15) is 31.7 Å². The Labute approximate surface area is 211 Å². The van der Waals surface area contributed by atoms with E-state index in [1.165, 1.54) is 24.3 Å². The van der Waals surface area contributed by atoms with Gasteiger partial charge in [0.2, 0.25) is 23.6 Å². The number of rotatable bonds is 15. The number of hydrogen-bond acceptors (Lipinski definition) is 9. The first kappa shape index (κ1) is 30.8. The Morgan fingerprint density at radius 1 is 0.892 bits per heavy atom. The predicted octanol–water partition coefficient (Wildman–Crippen LogP) is -3.08. The minimum absolute atomic E-state index is 0.0445. The first-order valence-electron chi connectivity index (χ1n) is 11.1. The van der Waals surface area contributed by atoms with Crippen molar-refractivity contribution in [3.05, 3.63) is 29.8 Å². The van der Waals surface area contributed by atoms with Crippen LogP contribution in [-0.4, -0.2) is 86.3 Å². The molecule has 0 bridgehead atoms. The van der Waals surface area contributed by atoms with E-state index in [-0.39, 0.29) is 18.6 Å². The highest BCUT2D eigenvalue weighted by Crippen LogP contribution is 2.12. The maximum Gasteiger partial charge on any atom is 0.326 e. The number of aliphatic hydroxyl groups excluding tert-OH is 1. The highest BCUT2D eigenvalue weighted by molar-refractivity contribution is 5.96. The molecular formula is C22H31N5O10. The molecule has 0 aliphatic rings. The van der Waals surface area contributed by atoms with Gasteiger partial charge in [-0.1, -0.05) is 12.1 Å². The van der Waals surface area contributed by atoms with Gasteiger partial charge in [0.1, 0.15) is 23.9 Å². The molecule has 5 unspecified atom stereocenters. The zero-order chi connectivity index (χ0) is 28.3. The van der Waals surface area contributed by atoms with Gasteiger partial charge in [-0.2, -0.15) is 0 Å². The number of aromatic hydroxyl groups is 1. The monoisotopic (exact) mass is 525 g/mol. The Hall–Kier alpha value is -4.24. The molecule has 0 saturated heterocycles. The fraction of sp³-hybridized carbons (Fsp3) is 0.455. The number of phenolic OH excluding ortho intramolecular Hbond substituents is 1. The molecule has 0 radical (unpaired) electrons. The quantitative estimate of drug-likeness (QED) is 0.111. The van der Waals surface area contributed by atoms with Crippen LogP contribution < -0.4 is 27.4 Å². The molecule has 0 aromatic heterocycles. The number of nitrogens with one attached hydrogen (secondary N) is 3. The molecule has 11 N–H and O–H groups in total.